The van der Waals surface area contributed by atoms with E-state index in [1.54, 1.807) is 6.92 Å². The zero-order valence-electron chi connectivity index (χ0n) is 24.1. The van der Waals surface area contributed by atoms with Crippen molar-refractivity contribution in [3.05, 3.63) is 23.0 Å². The predicted molar refractivity (Wildman–Crippen MR) is 150 cm³/mol. The lowest BCUT2D eigenvalue weighted by molar-refractivity contribution is -0.0469. The third-order valence-corrected chi connectivity index (χ3v) is 7.96. The molecule has 20 heteroatoms. The Balaban J connectivity index is 0.000000178. The van der Waals surface area contributed by atoms with Gasteiger partial charge in [-0.1, -0.05) is 0 Å². The van der Waals surface area contributed by atoms with Crippen molar-refractivity contribution in [2.24, 2.45) is 10.8 Å². The molecule has 0 unspecified atom stereocenters. The van der Waals surface area contributed by atoms with Crippen LogP contribution in [0.4, 0.5) is 11.9 Å². The number of nitrogens with one attached hydrogen (secondary N) is 1. The van der Waals surface area contributed by atoms with E-state index >= 15 is 0 Å². The molecular weight excluding hydrogens is 596 g/mol. The molecule has 2 aliphatic heterocycles. The number of H-pyrrole nitrogens is 1. The molecule has 0 aliphatic carbocycles. The lowest BCUT2D eigenvalue weighted by atomic mass is 9.84. The highest BCUT2D eigenvalue weighted by molar-refractivity contribution is 5.77. The number of aromatic nitrogens is 8. The van der Waals surface area contributed by atoms with Crippen LogP contribution in [0.3, 0.4) is 0 Å². The van der Waals surface area contributed by atoms with E-state index in [-0.39, 0.29) is 28.9 Å². The van der Waals surface area contributed by atoms with Gasteiger partial charge in [-0.05, 0) is 13.8 Å². The average molecular weight is 627 g/mol. The summed E-state index contributed by atoms with van der Waals surface area (Å²) in [5, 5.41) is 58.0. The van der Waals surface area contributed by atoms with E-state index in [2.05, 4.69) is 36.0 Å². The second kappa shape index (κ2) is 11.5. The van der Waals surface area contributed by atoms with Crippen LogP contribution in [0.15, 0.2) is 17.4 Å². The van der Waals surface area contributed by atoms with Gasteiger partial charge in [0.2, 0.25) is 17.8 Å². The van der Waals surface area contributed by atoms with Gasteiger partial charge < -0.3 is 46.1 Å². The molecule has 45 heavy (non-hydrogen) atoms. The van der Waals surface area contributed by atoms with Crippen molar-refractivity contribution >= 4 is 34.2 Å². The van der Waals surface area contributed by atoms with Gasteiger partial charge in [0, 0.05) is 0 Å². The standard InChI is InChI=1S/C13H16N6O4.C12H14N6O4/c1-13(4-14)8(21)6(3-20)23-11(13)19-5-16-7-9(19)17-12(15)18-10(7)22-2;1-12(3-13)7(20)5(2-19)22-10(12)18-4-15-6-8(18)16-11(14)17-9(6)21/h5-6,8,11,20-21H,3H2,1-2H3,(H2,15,17,18);4-5,7,10,19-20H,2H2,1H3,(H3,14,16,17,21)/t6-,8-,11-,13-;5-,7-,10-,12-/m11/s1. The third-order valence-electron chi connectivity index (χ3n) is 7.96. The van der Waals surface area contributed by atoms with E-state index in [1.807, 2.05) is 6.07 Å². The highest BCUT2D eigenvalue weighted by Gasteiger charge is 2.56. The molecule has 0 spiro atoms. The smallest absolute Gasteiger partial charge is 0.280 e. The van der Waals surface area contributed by atoms with Gasteiger partial charge in [-0.2, -0.15) is 25.5 Å². The molecule has 238 valence electrons. The fourth-order valence-electron chi connectivity index (χ4n) is 5.40. The number of aliphatic hydroxyl groups is 4. The first kappa shape index (κ1) is 31.5. The van der Waals surface area contributed by atoms with E-state index in [1.165, 1.54) is 35.8 Å². The summed E-state index contributed by atoms with van der Waals surface area (Å²) in [6.07, 6.45) is -3.35. The molecule has 2 saturated heterocycles. The van der Waals surface area contributed by atoms with Crippen LogP contribution in [0.5, 0.6) is 5.88 Å². The number of hydrogen-bond donors (Lipinski definition) is 7. The minimum Gasteiger partial charge on any atom is -0.479 e. The molecule has 0 saturated carbocycles. The molecule has 4 aromatic rings. The van der Waals surface area contributed by atoms with Crippen molar-refractivity contribution in [1.82, 2.24) is 39.0 Å². The Labute approximate surface area is 253 Å². The number of fused-ring (bicyclic) bond motifs is 2. The number of nitriles is 2. The summed E-state index contributed by atoms with van der Waals surface area (Å²) in [6.45, 7) is 2.19. The Hall–Kier alpha value is -4.96. The van der Waals surface area contributed by atoms with Gasteiger partial charge in [0.25, 0.3) is 5.56 Å². The molecule has 2 fully saturated rings. The van der Waals surface area contributed by atoms with Crippen LogP contribution in [-0.4, -0.2) is 104 Å². The number of hydrogen-bond acceptors (Lipinski definition) is 17. The maximum atomic E-state index is 11.8. The Morgan fingerprint density at radius 3 is 1.89 bits per heavy atom. The summed E-state index contributed by atoms with van der Waals surface area (Å²) in [6, 6.07) is 4.07. The number of nitrogen functional groups attached to an aromatic ring is 2. The van der Waals surface area contributed by atoms with Gasteiger partial charge in [0.05, 0.1) is 45.1 Å². The minimum absolute atomic E-state index is 0.0213. The lowest BCUT2D eigenvalue weighted by Gasteiger charge is -2.25. The van der Waals surface area contributed by atoms with Gasteiger partial charge in [-0.25, -0.2) is 9.97 Å². The molecule has 9 N–H and O–H groups in total. The fourth-order valence-corrected chi connectivity index (χ4v) is 5.40. The largest absolute Gasteiger partial charge is 0.479 e. The fraction of sp³-hybridized carbons (Fsp3) is 0.520. The maximum Gasteiger partial charge on any atom is 0.280 e. The number of methoxy groups -OCH3 is 1. The summed E-state index contributed by atoms with van der Waals surface area (Å²) >= 11 is 0. The highest BCUT2D eigenvalue weighted by atomic mass is 16.6. The van der Waals surface area contributed by atoms with Crippen molar-refractivity contribution in [2.45, 2.75) is 50.7 Å². The third kappa shape index (κ3) is 4.85. The topological polar surface area (TPSA) is 315 Å². The first-order valence-electron chi connectivity index (χ1n) is 13.4. The van der Waals surface area contributed by atoms with Gasteiger partial charge in [0.1, 0.15) is 35.2 Å². The monoisotopic (exact) mass is 626 g/mol. The Bertz CT molecular complexity index is 1880. The van der Waals surface area contributed by atoms with Crippen LogP contribution in [0.1, 0.15) is 26.3 Å². The number of imidazole rings is 2. The average Bonchev–Trinajstić information content (AvgIpc) is 3.76. The van der Waals surface area contributed by atoms with E-state index in [4.69, 9.17) is 25.7 Å². The minimum atomic E-state index is -1.35. The number of nitrogens with two attached hydrogens (primary N) is 2. The van der Waals surface area contributed by atoms with Gasteiger partial charge in [-0.3, -0.25) is 18.9 Å². The normalized spacial score (nSPS) is 31.0. The van der Waals surface area contributed by atoms with Crippen molar-refractivity contribution in [1.29, 1.82) is 10.5 Å². The molecule has 0 aromatic carbocycles. The zero-order chi connectivity index (χ0) is 32.8. The van der Waals surface area contributed by atoms with Gasteiger partial charge in [-0.15, -0.1) is 0 Å². The first-order chi connectivity index (χ1) is 21.4. The molecule has 6 rings (SSSR count). The molecule has 0 amide bonds. The summed E-state index contributed by atoms with van der Waals surface area (Å²) in [7, 11) is 1.43. The molecular formula is C25H30N12O8. The summed E-state index contributed by atoms with van der Waals surface area (Å²) < 4.78 is 19.2. The number of nitrogens with zero attached hydrogens (tertiary/aromatic N) is 9. The van der Waals surface area contributed by atoms with Crippen molar-refractivity contribution in [2.75, 3.05) is 31.8 Å². The van der Waals surface area contributed by atoms with Crippen molar-refractivity contribution in [3.63, 3.8) is 0 Å². The molecule has 4 aromatic heterocycles. The van der Waals surface area contributed by atoms with Crippen LogP contribution in [0.2, 0.25) is 0 Å². The lowest BCUT2D eigenvalue weighted by Crippen LogP contribution is -2.37. The number of ether oxygens (including phenoxy) is 3. The molecule has 2 aliphatic rings. The Kier molecular flexibility index (Phi) is 8.05. The molecule has 20 nitrogen and oxygen atoms in total. The van der Waals surface area contributed by atoms with E-state index in [9.17, 15) is 35.7 Å². The van der Waals surface area contributed by atoms with Gasteiger partial charge in [0.15, 0.2) is 34.8 Å². The molecule has 6 heterocycles. The zero-order valence-corrected chi connectivity index (χ0v) is 24.1. The van der Waals surface area contributed by atoms with E-state index in [0.29, 0.717) is 11.2 Å². The van der Waals surface area contributed by atoms with E-state index in [0.717, 1.165) is 0 Å². The molecule has 8 atom stereocenters. The first-order valence-corrected chi connectivity index (χ1v) is 13.4. The maximum absolute atomic E-state index is 11.8. The Morgan fingerprint density at radius 1 is 0.933 bits per heavy atom. The van der Waals surface area contributed by atoms with Crippen LogP contribution >= 0.6 is 0 Å². The van der Waals surface area contributed by atoms with E-state index < -0.39 is 66.5 Å². The van der Waals surface area contributed by atoms with Crippen molar-refractivity contribution < 1.29 is 34.6 Å². The summed E-state index contributed by atoms with van der Waals surface area (Å²) in [5.41, 5.74) is 8.88. The quantitative estimate of drug-likeness (QED) is 0.122. The summed E-state index contributed by atoms with van der Waals surface area (Å²) in [4.78, 5) is 34.3. The second-order valence-corrected chi connectivity index (χ2v) is 10.8. The molecule has 0 bridgehead atoms. The van der Waals surface area contributed by atoms with Gasteiger partial charge >= 0.3 is 0 Å². The number of aromatic amines is 1. The second-order valence-electron chi connectivity index (χ2n) is 10.8. The predicted octanol–water partition coefficient (Wildman–Crippen LogP) is -2.32. The number of aliphatic hydroxyl groups excluding tert-OH is 4. The highest BCUT2D eigenvalue weighted by Crippen LogP contribution is 2.47. The van der Waals surface area contributed by atoms with Crippen molar-refractivity contribution in [3.8, 4) is 18.0 Å². The number of rotatable bonds is 5. The number of anilines is 2. The SMILES string of the molecule is COc1nc(N)nc2c1ncn2[C@@H]1O[C@H](CO)[C@@H](O)[C@@]1(C)C#N.C[C@@]1(C#N)[C@H](O)[C@@H](CO)O[C@H]1n1cnc2c(=O)[nH]c(N)nc21. The summed E-state index contributed by atoms with van der Waals surface area (Å²) in [5.74, 6) is 0.0735. The Morgan fingerprint density at radius 2 is 1.42 bits per heavy atom. The van der Waals surface area contributed by atoms with Crippen LogP contribution in [0, 0.1) is 33.5 Å². The molecule has 0 radical (unpaired) electrons. The van der Waals surface area contributed by atoms with Crippen LogP contribution < -0.4 is 21.8 Å². The van der Waals surface area contributed by atoms with Crippen LogP contribution in [0.25, 0.3) is 22.3 Å². The van der Waals surface area contributed by atoms with Crippen LogP contribution in [-0.2, 0) is 9.47 Å².